The molecule has 102 valence electrons. The van der Waals surface area contributed by atoms with Gasteiger partial charge in [0, 0.05) is 17.3 Å². The van der Waals surface area contributed by atoms with E-state index in [0.717, 1.165) is 11.2 Å². The lowest BCUT2D eigenvalue weighted by Crippen LogP contribution is -1.96. The number of pyridine rings is 1. The first-order chi connectivity index (χ1) is 9.40. The maximum atomic E-state index is 11.4. The number of benzene rings is 1. The van der Waals surface area contributed by atoms with Gasteiger partial charge in [-0.25, -0.2) is 13.4 Å². The van der Waals surface area contributed by atoms with Crippen molar-refractivity contribution < 1.29 is 8.42 Å². The molecule has 0 aliphatic rings. The number of hydrogen-bond donors (Lipinski definition) is 1. The third kappa shape index (κ3) is 3.29. The van der Waals surface area contributed by atoms with E-state index in [1.807, 2.05) is 6.07 Å². The molecule has 1 heterocycles. The Kier molecular flexibility index (Phi) is 3.97. The zero-order valence-electron chi connectivity index (χ0n) is 10.6. The van der Waals surface area contributed by atoms with E-state index in [9.17, 15) is 8.42 Å². The zero-order valence-corrected chi connectivity index (χ0v) is 12.2. The molecule has 0 bridgehead atoms. The lowest BCUT2D eigenvalue weighted by Gasteiger charge is -2.05. The SMILES string of the molecule is CS(=O)(=O)c1ccc(Sc2ncc(C#N)cc2N)cc1. The minimum absolute atomic E-state index is 0.266. The van der Waals surface area contributed by atoms with Crippen molar-refractivity contribution in [3.8, 4) is 6.07 Å². The van der Waals surface area contributed by atoms with Crippen LogP contribution in [0.15, 0.2) is 51.3 Å². The maximum absolute atomic E-state index is 11.4. The summed E-state index contributed by atoms with van der Waals surface area (Å²) in [6.45, 7) is 0. The molecule has 0 saturated carbocycles. The Balaban J connectivity index is 2.25. The molecule has 20 heavy (non-hydrogen) atoms. The molecule has 0 aliphatic heterocycles. The number of anilines is 1. The van der Waals surface area contributed by atoms with Crippen LogP contribution in [0.5, 0.6) is 0 Å². The third-order valence-electron chi connectivity index (χ3n) is 2.47. The fraction of sp³-hybridized carbons (Fsp3) is 0.0769. The van der Waals surface area contributed by atoms with Gasteiger partial charge in [0.15, 0.2) is 9.84 Å². The third-order valence-corrected chi connectivity index (χ3v) is 4.65. The molecule has 0 spiro atoms. The highest BCUT2D eigenvalue weighted by Crippen LogP contribution is 2.31. The molecule has 1 aromatic heterocycles. The molecule has 1 aromatic carbocycles. The quantitative estimate of drug-likeness (QED) is 0.932. The van der Waals surface area contributed by atoms with Crippen LogP contribution in [0, 0.1) is 11.3 Å². The summed E-state index contributed by atoms with van der Waals surface area (Å²) in [5.41, 5.74) is 6.63. The summed E-state index contributed by atoms with van der Waals surface area (Å²) >= 11 is 1.31. The van der Waals surface area contributed by atoms with Gasteiger partial charge in [0.1, 0.15) is 11.1 Å². The minimum atomic E-state index is -3.20. The Morgan fingerprint density at radius 1 is 1.30 bits per heavy atom. The van der Waals surface area contributed by atoms with Crippen LogP contribution in [-0.4, -0.2) is 19.7 Å². The summed E-state index contributed by atoms with van der Waals surface area (Å²) in [7, 11) is -3.20. The van der Waals surface area contributed by atoms with Gasteiger partial charge in [0.05, 0.1) is 16.1 Å². The summed E-state index contributed by atoms with van der Waals surface area (Å²) < 4.78 is 22.7. The number of nitrogens with zero attached hydrogens (tertiary/aromatic N) is 2. The molecule has 7 heteroatoms. The van der Waals surface area contributed by atoms with Gasteiger partial charge < -0.3 is 5.73 Å². The first-order valence-corrected chi connectivity index (χ1v) is 8.24. The van der Waals surface area contributed by atoms with E-state index < -0.39 is 9.84 Å². The van der Waals surface area contributed by atoms with E-state index in [-0.39, 0.29) is 4.90 Å². The van der Waals surface area contributed by atoms with Gasteiger partial charge in [-0.3, -0.25) is 0 Å². The van der Waals surface area contributed by atoms with E-state index in [4.69, 9.17) is 11.0 Å². The largest absolute Gasteiger partial charge is 0.396 e. The highest BCUT2D eigenvalue weighted by molar-refractivity contribution is 7.99. The first kappa shape index (κ1) is 14.4. The topological polar surface area (TPSA) is 96.8 Å². The highest BCUT2D eigenvalue weighted by atomic mass is 32.2. The summed E-state index contributed by atoms with van der Waals surface area (Å²) in [4.78, 5) is 5.20. The van der Waals surface area contributed by atoms with Gasteiger partial charge in [-0.05, 0) is 30.3 Å². The molecule has 0 unspecified atom stereocenters. The van der Waals surface area contributed by atoms with Crippen molar-refractivity contribution in [3.05, 3.63) is 42.1 Å². The van der Waals surface area contributed by atoms with E-state index >= 15 is 0 Å². The number of nitrogens with two attached hydrogens (primary N) is 1. The van der Waals surface area contributed by atoms with Crippen molar-refractivity contribution in [2.24, 2.45) is 0 Å². The molecule has 0 radical (unpaired) electrons. The molecular formula is C13H11N3O2S2. The first-order valence-electron chi connectivity index (χ1n) is 5.54. The lowest BCUT2D eigenvalue weighted by atomic mass is 10.3. The van der Waals surface area contributed by atoms with Crippen molar-refractivity contribution >= 4 is 27.3 Å². The van der Waals surface area contributed by atoms with E-state index in [0.29, 0.717) is 16.3 Å². The average Bonchev–Trinajstić information content (AvgIpc) is 2.40. The Morgan fingerprint density at radius 2 is 1.95 bits per heavy atom. The van der Waals surface area contributed by atoms with E-state index in [1.54, 1.807) is 18.2 Å². The molecule has 2 N–H and O–H groups in total. The number of rotatable bonds is 3. The van der Waals surface area contributed by atoms with Crippen molar-refractivity contribution in [2.45, 2.75) is 14.8 Å². The Bertz CT molecular complexity index is 778. The van der Waals surface area contributed by atoms with Crippen LogP contribution in [0.4, 0.5) is 5.69 Å². The molecule has 2 aromatic rings. The van der Waals surface area contributed by atoms with Gasteiger partial charge in [0.2, 0.25) is 0 Å². The van der Waals surface area contributed by atoms with Crippen molar-refractivity contribution in [1.29, 1.82) is 5.26 Å². The number of sulfone groups is 1. The van der Waals surface area contributed by atoms with Gasteiger partial charge in [-0.2, -0.15) is 5.26 Å². The van der Waals surface area contributed by atoms with E-state index in [2.05, 4.69) is 4.98 Å². The molecule has 5 nitrogen and oxygen atoms in total. The Morgan fingerprint density at radius 3 is 2.45 bits per heavy atom. The van der Waals surface area contributed by atoms with Crippen molar-refractivity contribution in [1.82, 2.24) is 4.98 Å². The van der Waals surface area contributed by atoms with Gasteiger partial charge in [-0.15, -0.1) is 0 Å². The molecule has 0 saturated heterocycles. The smallest absolute Gasteiger partial charge is 0.175 e. The second-order valence-electron chi connectivity index (χ2n) is 4.08. The normalized spacial score (nSPS) is 11.0. The fourth-order valence-electron chi connectivity index (χ4n) is 1.48. The summed E-state index contributed by atoms with van der Waals surface area (Å²) in [5, 5.41) is 9.32. The van der Waals surface area contributed by atoms with Crippen molar-refractivity contribution in [2.75, 3.05) is 12.0 Å². The van der Waals surface area contributed by atoms with Crippen LogP contribution in [-0.2, 0) is 9.84 Å². The second-order valence-corrected chi connectivity index (χ2v) is 7.15. The molecule has 2 rings (SSSR count). The molecule has 0 amide bonds. The summed E-state index contributed by atoms with van der Waals surface area (Å²) in [5.74, 6) is 0. The second kappa shape index (κ2) is 5.53. The van der Waals surface area contributed by atoms with Crippen molar-refractivity contribution in [3.63, 3.8) is 0 Å². The Hall–Kier alpha value is -2.04. The minimum Gasteiger partial charge on any atom is -0.396 e. The monoisotopic (exact) mass is 305 g/mol. The standard InChI is InChI=1S/C13H11N3O2S2/c1-20(17,18)11-4-2-10(3-5-11)19-13-12(15)6-9(7-14)8-16-13/h2-6,8H,15H2,1H3. The number of nitrogen functional groups attached to an aromatic ring is 1. The Labute approximate surface area is 121 Å². The lowest BCUT2D eigenvalue weighted by molar-refractivity contribution is 0.602. The number of aromatic nitrogens is 1. The van der Waals surface area contributed by atoms with Crippen LogP contribution in [0.2, 0.25) is 0 Å². The van der Waals surface area contributed by atoms with Gasteiger partial charge in [-0.1, -0.05) is 11.8 Å². The van der Waals surface area contributed by atoms with Crippen LogP contribution >= 0.6 is 11.8 Å². The number of nitriles is 1. The van der Waals surface area contributed by atoms with Crippen LogP contribution in [0.3, 0.4) is 0 Å². The molecule has 0 atom stereocenters. The van der Waals surface area contributed by atoms with Gasteiger partial charge >= 0.3 is 0 Å². The number of hydrogen-bond acceptors (Lipinski definition) is 6. The van der Waals surface area contributed by atoms with E-state index in [1.165, 1.54) is 30.1 Å². The molecule has 0 fully saturated rings. The highest BCUT2D eigenvalue weighted by Gasteiger charge is 2.08. The van der Waals surface area contributed by atoms with Crippen LogP contribution in [0.1, 0.15) is 5.56 Å². The van der Waals surface area contributed by atoms with Gasteiger partial charge in [0.25, 0.3) is 0 Å². The van der Waals surface area contributed by atoms with Crippen LogP contribution < -0.4 is 5.73 Å². The fourth-order valence-corrected chi connectivity index (χ4v) is 2.89. The maximum Gasteiger partial charge on any atom is 0.175 e. The predicted molar refractivity (Wildman–Crippen MR) is 77.0 cm³/mol. The predicted octanol–water partition coefficient (Wildman–Crippen LogP) is 2.09. The zero-order chi connectivity index (χ0) is 14.8. The summed E-state index contributed by atoms with van der Waals surface area (Å²) in [6, 6.07) is 9.99. The molecular weight excluding hydrogens is 294 g/mol. The summed E-state index contributed by atoms with van der Waals surface area (Å²) in [6.07, 6.45) is 2.61. The molecule has 0 aliphatic carbocycles. The average molecular weight is 305 g/mol. The van der Waals surface area contributed by atoms with Crippen LogP contribution in [0.25, 0.3) is 0 Å².